The average Bonchev–Trinajstić information content (AvgIpc) is 3.18. The summed E-state index contributed by atoms with van der Waals surface area (Å²) in [7, 11) is -3.23. The van der Waals surface area contributed by atoms with E-state index < -0.39 is 89.3 Å². The van der Waals surface area contributed by atoms with Crippen LogP contribution >= 0.6 is 7.26 Å². The van der Waals surface area contributed by atoms with E-state index in [0.29, 0.717) is 40.4 Å². The molecule has 0 aliphatic carbocycles. The Kier molecular flexibility index (Phi) is 14.3. The quantitative estimate of drug-likeness (QED) is 0.0862. The Labute approximate surface area is 355 Å². The Hall–Kier alpha value is -5.57. The van der Waals surface area contributed by atoms with Gasteiger partial charge in [-0.3, -0.25) is 4.79 Å². The first-order chi connectivity index (χ1) is 29.1. The molecule has 63 heavy (non-hydrogen) atoms. The Morgan fingerprint density at radius 2 is 0.921 bits per heavy atom. The Balaban J connectivity index is 1.60. The van der Waals surface area contributed by atoms with E-state index in [2.05, 4.69) is 10.6 Å². The predicted molar refractivity (Wildman–Crippen MR) is 218 cm³/mol. The summed E-state index contributed by atoms with van der Waals surface area (Å²) < 4.78 is 167. The molecule has 0 aromatic heterocycles. The van der Waals surface area contributed by atoms with Gasteiger partial charge in [0.15, 0.2) is 0 Å². The number of hydrogen-bond donors (Lipinski definition) is 3. The van der Waals surface area contributed by atoms with Crippen molar-refractivity contribution < 1.29 is 62.3 Å². The van der Waals surface area contributed by atoms with Crippen molar-refractivity contribution in [2.24, 2.45) is 5.41 Å². The molecule has 0 fully saturated rings. The summed E-state index contributed by atoms with van der Waals surface area (Å²) in [5.74, 6) is -0.851. The van der Waals surface area contributed by atoms with E-state index in [0.717, 1.165) is 0 Å². The number of carbonyl (C=O) groups excluding carboxylic acids is 2. The van der Waals surface area contributed by atoms with Crippen molar-refractivity contribution in [1.82, 2.24) is 10.6 Å². The van der Waals surface area contributed by atoms with Crippen LogP contribution in [0.3, 0.4) is 0 Å². The lowest BCUT2D eigenvalue weighted by molar-refractivity contribution is -0.144. The summed E-state index contributed by atoms with van der Waals surface area (Å²) in [6.45, 7) is 4.60. The monoisotopic (exact) mass is 914 g/mol. The lowest BCUT2D eigenvalue weighted by Crippen LogP contribution is -2.57. The van der Waals surface area contributed by atoms with Crippen molar-refractivity contribution in [1.29, 1.82) is 0 Å². The zero-order valence-electron chi connectivity index (χ0n) is 33.7. The highest BCUT2D eigenvalue weighted by Crippen LogP contribution is 2.60. The van der Waals surface area contributed by atoms with Crippen LogP contribution in [0.5, 0.6) is 0 Å². The Morgan fingerprint density at radius 3 is 1.32 bits per heavy atom. The molecule has 0 saturated heterocycles. The zero-order valence-corrected chi connectivity index (χ0v) is 34.6. The summed E-state index contributed by atoms with van der Waals surface area (Å²) >= 11 is 0. The fraction of sp³-hybridized carbons (Fsp3) is 0.289. The minimum absolute atomic E-state index is 0.0468. The van der Waals surface area contributed by atoms with E-state index in [4.69, 9.17) is 0 Å². The van der Waals surface area contributed by atoms with E-state index in [1.807, 2.05) is 5.32 Å². The summed E-state index contributed by atoms with van der Waals surface area (Å²) in [4.78, 5) is 27.8. The number of alkyl halides is 12. The maximum absolute atomic E-state index is 14.5. The minimum atomic E-state index is -5.21. The smallest absolute Gasteiger partial charge is 0.348 e. The number of amides is 3. The second-order valence-electron chi connectivity index (χ2n) is 16.0. The van der Waals surface area contributed by atoms with Gasteiger partial charge in [-0.1, -0.05) is 87.5 Å². The number of urea groups is 1. The third kappa shape index (κ3) is 12.8. The normalized spacial score (nSPS) is 13.8. The lowest BCUT2D eigenvalue weighted by Gasteiger charge is -2.35. The fourth-order valence-corrected chi connectivity index (χ4v) is 11.7. The van der Waals surface area contributed by atoms with Gasteiger partial charge in [0, 0.05) is 5.69 Å². The SMILES string of the molecule is CC(C)(C)[C@H](NC(=O)Nc1cc(C(F)(F)F)cc(C(F)(F)F)c1)C(=O)N[C@@H](Cc1ccccc1)C[P+](Cc1cc(C(F)(F)F)cc(C(F)(F)F)c1)(c1ccccc1)c1ccccc1. The molecule has 0 aliphatic heterocycles. The van der Waals surface area contributed by atoms with Crippen molar-refractivity contribution in [3.63, 3.8) is 0 Å². The number of halogens is 12. The van der Waals surface area contributed by atoms with Gasteiger partial charge in [0.1, 0.15) is 6.04 Å². The average molecular weight is 915 g/mol. The number of anilines is 1. The van der Waals surface area contributed by atoms with Gasteiger partial charge in [-0.05, 0) is 83.6 Å². The maximum Gasteiger partial charge on any atom is 0.416 e. The molecular formula is C45H41F12N3O2P+. The molecule has 2 atom stereocenters. The van der Waals surface area contributed by atoms with E-state index in [1.54, 1.807) is 91.0 Å². The highest BCUT2D eigenvalue weighted by Gasteiger charge is 2.47. The molecule has 0 radical (unpaired) electrons. The summed E-state index contributed by atoms with van der Waals surface area (Å²) in [6, 6.07) is 23.7. The topological polar surface area (TPSA) is 70.2 Å². The van der Waals surface area contributed by atoms with Gasteiger partial charge in [-0.25, -0.2) is 4.79 Å². The number of carbonyl (C=O) groups is 2. The molecule has 336 valence electrons. The standard InChI is InChI=1S/C45H40F12N3O2P/c1-41(2,3)38(60-40(62)59-34-24-32(44(52,53)54)23-33(25-34)45(55,56)57)39(61)58-35(21-28-13-7-4-8-14-28)27-63(36-15-9-5-10-16-36,37-17-11-6-12-18-37)26-29-19-30(42(46,47)48)22-31(20-29)43(49,50)51/h4-20,22-25,35,38H,21,26-27H2,1-3H3,(H2-,58,59,60,61,62)/p+1/t35-,38+/m0/s1. The number of rotatable bonds is 12. The maximum atomic E-state index is 14.5. The molecule has 3 amide bonds. The molecule has 3 N–H and O–H groups in total. The number of hydrogen-bond acceptors (Lipinski definition) is 2. The van der Waals surface area contributed by atoms with Crippen LogP contribution in [0.4, 0.5) is 63.2 Å². The molecular weight excluding hydrogens is 873 g/mol. The summed E-state index contributed by atoms with van der Waals surface area (Å²) in [6.07, 6.45) is -21.0. The molecule has 5 aromatic rings. The number of nitrogens with one attached hydrogen (secondary N) is 3. The molecule has 0 spiro atoms. The van der Waals surface area contributed by atoms with Crippen LogP contribution < -0.4 is 26.6 Å². The Bertz CT molecular complexity index is 2240. The second kappa shape index (κ2) is 18.6. The largest absolute Gasteiger partial charge is 0.416 e. The molecule has 0 saturated carbocycles. The van der Waals surface area contributed by atoms with Gasteiger partial charge in [-0.15, -0.1) is 0 Å². The van der Waals surface area contributed by atoms with E-state index in [1.165, 1.54) is 20.8 Å². The summed E-state index contributed by atoms with van der Waals surface area (Å²) in [5.41, 5.74) is -8.01. The minimum Gasteiger partial charge on any atom is -0.348 e. The van der Waals surface area contributed by atoms with Crippen LogP contribution in [0, 0.1) is 5.41 Å². The first-order valence-electron chi connectivity index (χ1n) is 19.1. The second-order valence-corrected chi connectivity index (χ2v) is 19.6. The van der Waals surface area contributed by atoms with Gasteiger partial charge in [-0.2, -0.15) is 52.7 Å². The van der Waals surface area contributed by atoms with Crippen molar-refractivity contribution >= 4 is 35.5 Å². The third-order valence-electron chi connectivity index (χ3n) is 10.1. The summed E-state index contributed by atoms with van der Waals surface area (Å²) in [5, 5.41) is 8.44. The fourth-order valence-electron chi connectivity index (χ4n) is 7.18. The van der Waals surface area contributed by atoms with E-state index >= 15 is 0 Å². The van der Waals surface area contributed by atoms with Gasteiger partial charge in [0.2, 0.25) is 5.91 Å². The van der Waals surface area contributed by atoms with Gasteiger partial charge in [0.05, 0.1) is 58.5 Å². The van der Waals surface area contributed by atoms with Crippen molar-refractivity contribution in [3.8, 4) is 0 Å². The predicted octanol–water partition coefficient (Wildman–Crippen LogP) is 11.9. The van der Waals surface area contributed by atoms with Crippen LogP contribution in [-0.2, 0) is 42.1 Å². The van der Waals surface area contributed by atoms with Gasteiger partial charge < -0.3 is 16.0 Å². The first-order valence-corrected chi connectivity index (χ1v) is 21.3. The molecule has 18 heteroatoms. The van der Waals surface area contributed by atoms with E-state index in [-0.39, 0.29) is 36.4 Å². The molecule has 5 aromatic carbocycles. The van der Waals surface area contributed by atoms with Crippen LogP contribution in [0.15, 0.2) is 127 Å². The highest BCUT2D eigenvalue weighted by atomic mass is 31.2. The molecule has 0 aliphatic rings. The lowest BCUT2D eigenvalue weighted by atomic mass is 9.86. The van der Waals surface area contributed by atoms with E-state index in [9.17, 15) is 62.3 Å². The molecule has 5 rings (SSSR count). The number of benzene rings is 5. The first kappa shape index (κ1) is 48.5. The molecule has 0 bridgehead atoms. The van der Waals surface area contributed by atoms with Crippen LogP contribution in [0.1, 0.15) is 54.2 Å². The van der Waals surface area contributed by atoms with Crippen LogP contribution in [0.2, 0.25) is 0 Å². The highest BCUT2D eigenvalue weighted by molar-refractivity contribution is 7.88. The molecule has 0 heterocycles. The van der Waals surface area contributed by atoms with Crippen LogP contribution in [0.25, 0.3) is 0 Å². The van der Waals surface area contributed by atoms with Crippen molar-refractivity contribution in [3.05, 3.63) is 161 Å². The van der Waals surface area contributed by atoms with Gasteiger partial charge >= 0.3 is 30.7 Å². The molecule has 0 unspecified atom stereocenters. The Morgan fingerprint density at radius 1 is 0.524 bits per heavy atom. The van der Waals surface area contributed by atoms with Crippen molar-refractivity contribution in [2.75, 3.05) is 11.5 Å². The van der Waals surface area contributed by atoms with Gasteiger partial charge in [0.25, 0.3) is 0 Å². The third-order valence-corrected chi connectivity index (χ3v) is 14.6. The van der Waals surface area contributed by atoms with Crippen LogP contribution in [-0.4, -0.2) is 30.2 Å². The van der Waals surface area contributed by atoms with Crippen molar-refractivity contribution in [2.45, 2.75) is 70.1 Å². The zero-order chi connectivity index (χ0) is 46.6. The molecule has 5 nitrogen and oxygen atoms in total.